The molecule has 0 unspecified atom stereocenters. The number of nitrogens with one attached hydrogen (secondary N) is 1. The number of phenols is 1. The van der Waals surface area contributed by atoms with Crippen molar-refractivity contribution in [3.05, 3.63) is 84.2 Å². The van der Waals surface area contributed by atoms with Gasteiger partial charge in [0.05, 0.1) is 12.2 Å². The summed E-state index contributed by atoms with van der Waals surface area (Å²) in [6.07, 6.45) is 1.75. The van der Waals surface area contributed by atoms with Crippen molar-refractivity contribution in [1.82, 2.24) is 10.3 Å². The molecule has 4 rings (SSSR count). The van der Waals surface area contributed by atoms with E-state index in [9.17, 15) is 9.90 Å². The van der Waals surface area contributed by atoms with E-state index in [4.69, 9.17) is 0 Å². The van der Waals surface area contributed by atoms with Gasteiger partial charge in [0, 0.05) is 17.1 Å². The number of phenolic OH excluding ortho intramolecular Hbond substituents is 1. The zero-order valence-electron chi connectivity index (χ0n) is 13.4. The highest BCUT2D eigenvalue weighted by atomic mass is 16.3. The molecule has 0 radical (unpaired) electrons. The Hall–Kier alpha value is -3.40. The predicted molar refractivity (Wildman–Crippen MR) is 98.5 cm³/mol. The van der Waals surface area contributed by atoms with Crippen LogP contribution in [0, 0.1) is 0 Å². The van der Waals surface area contributed by atoms with Crippen molar-refractivity contribution < 1.29 is 9.90 Å². The summed E-state index contributed by atoms with van der Waals surface area (Å²) in [6, 6.07) is 20.4. The van der Waals surface area contributed by atoms with Crippen LogP contribution in [0.2, 0.25) is 0 Å². The summed E-state index contributed by atoms with van der Waals surface area (Å²) >= 11 is 0. The molecule has 0 atom stereocenters. The smallest absolute Gasteiger partial charge is 0.252 e. The van der Waals surface area contributed by atoms with Crippen molar-refractivity contribution in [1.29, 1.82) is 0 Å². The van der Waals surface area contributed by atoms with Gasteiger partial charge in [0.25, 0.3) is 5.91 Å². The first kappa shape index (κ1) is 15.1. The Morgan fingerprint density at radius 3 is 2.68 bits per heavy atom. The minimum atomic E-state index is -0.161. The summed E-state index contributed by atoms with van der Waals surface area (Å²) in [6.45, 7) is 0.356. The van der Waals surface area contributed by atoms with Gasteiger partial charge in [-0.3, -0.25) is 9.78 Å². The van der Waals surface area contributed by atoms with Crippen molar-refractivity contribution in [2.45, 2.75) is 6.54 Å². The standard InChI is InChI=1S/C21H16N2O2/c24-16-8-9-17-15(12-16)5-3-7-19(17)21(25)23-13-20-18-6-2-1-4-14(18)10-11-22-20/h1-12,24H,13H2,(H,23,25). The number of rotatable bonds is 3. The average Bonchev–Trinajstić information content (AvgIpc) is 2.65. The molecule has 0 spiro atoms. The largest absolute Gasteiger partial charge is 0.508 e. The minimum Gasteiger partial charge on any atom is -0.508 e. The summed E-state index contributed by atoms with van der Waals surface area (Å²) in [5.74, 6) is 0.0241. The van der Waals surface area contributed by atoms with E-state index in [0.717, 1.165) is 27.2 Å². The zero-order valence-corrected chi connectivity index (χ0v) is 13.4. The van der Waals surface area contributed by atoms with E-state index in [1.54, 1.807) is 30.5 Å². The number of carbonyl (C=O) groups excluding carboxylic acids is 1. The van der Waals surface area contributed by atoms with E-state index in [1.165, 1.54) is 0 Å². The quantitative estimate of drug-likeness (QED) is 0.597. The first-order chi connectivity index (χ1) is 12.2. The van der Waals surface area contributed by atoms with Gasteiger partial charge in [-0.2, -0.15) is 0 Å². The number of fused-ring (bicyclic) bond motifs is 2. The molecule has 122 valence electrons. The number of pyridine rings is 1. The van der Waals surface area contributed by atoms with Crippen molar-refractivity contribution in [3.63, 3.8) is 0 Å². The molecular formula is C21H16N2O2. The van der Waals surface area contributed by atoms with Gasteiger partial charge in [0.15, 0.2) is 0 Å². The highest BCUT2D eigenvalue weighted by Gasteiger charge is 2.11. The second-order valence-electron chi connectivity index (χ2n) is 5.87. The fourth-order valence-electron chi connectivity index (χ4n) is 3.05. The fraction of sp³-hybridized carbons (Fsp3) is 0.0476. The van der Waals surface area contributed by atoms with Crippen LogP contribution < -0.4 is 5.32 Å². The van der Waals surface area contributed by atoms with Gasteiger partial charge in [-0.05, 0) is 46.5 Å². The Bertz CT molecular complexity index is 1080. The second kappa shape index (κ2) is 6.24. The number of aromatic nitrogens is 1. The van der Waals surface area contributed by atoms with Crippen LogP contribution in [-0.2, 0) is 6.54 Å². The number of hydrogen-bond donors (Lipinski definition) is 2. The SMILES string of the molecule is O=C(NCc1nccc2ccccc12)c1cccc2cc(O)ccc12. The first-order valence-electron chi connectivity index (χ1n) is 8.05. The molecule has 0 fully saturated rings. The maximum Gasteiger partial charge on any atom is 0.252 e. The highest BCUT2D eigenvalue weighted by molar-refractivity contribution is 6.07. The average molecular weight is 328 g/mol. The van der Waals surface area contributed by atoms with Gasteiger partial charge in [-0.1, -0.05) is 36.4 Å². The van der Waals surface area contributed by atoms with Crippen LogP contribution in [0.4, 0.5) is 0 Å². The molecule has 0 saturated carbocycles. The molecule has 2 N–H and O–H groups in total. The van der Waals surface area contributed by atoms with E-state index in [0.29, 0.717) is 12.1 Å². The van der Waals surface area contributed by atoms with Gasteiger partial charge in [-0.25, -0.2) is 0 Å². The fourth-order valence-corrected chi connectivity index (χ4v) is 3.05. The molecule has 4 nitrogen and oxygen atoms in total. The normalized spacial score (nSPS) is 10.9. The molecular weight excluding hydrogens is 312 g/mol. The van der Waals surface area contributed by atoms with Crippen LogP contribution >= 0.6 is 0 Å². The summed E-state index contributed by atoms with van der Waals surface area (Å²) in [7, 11) is 0. The van der Waals surface area contributed by atoms with Gasteiger partial charge >= 0.3 is 0 Å². The zero-order chi connectivity index (χ0) is 17.2. The Balaban J connectivity index is 1.62. The monoisotopic (exact) mass is 328 g/mol. The summed E-state index contributed by atoms with van der Waals surface area (Å²) < 4.78 is 0. The van der Waals surface area contributed by atoms with Crippen LogP contribution in [0.1, 0.15) is 16.1 Å². The predicted octanol–water partition coefficient (Wildman–Crippen LogP) is 4.02. The lowest BCUT2D eigenvalue weighted by molar-refractivity contribution is 0.0952. The van der Waals surface area contributed by atoms with Crippen molar-refractivity contribution in [3.8, 4) is 5.75 Å². The van der Waals surface area contributed by atoms with E-state index < -0.39 is 0 Å². The van der Waals surface area contributed by atoms with E-state index >= 15 is 0 Å². The number of nitrogens with zero attached hydrogens (tertiary/aromatic N) is 1. The molecule has 25 heavy (non-hydrogen) atoms. The lowest BCUT2D eigenvalue weighted by Crippen LogP contribution is -2.23. The van der Waals surface area contributed by atoms with Gasteiger partial charge in [0.1, 0.15) is 5.75 Å². The maximum atomic E-state index is 12.7. The molecule has 4 heteroatoms. The summed E-state index contributed by atoms with van der Waals surface area (Å²) in [4.78, 5) is 17.1. The lowest BCUT2D eigenvalue weighted by Gasteiger charge is -2.10. The van der Waals surface area contributed by atoms with Crippen molar-refractivity contribution >= 4 is 27.5 Å². The molecule has 0 aliphatic rings. The van der Waals surface area contributed by atoms with Gasteiger partial charge in [-0.15, -0.1) is 0 Å². The summed E-state index contributed by atoms with van der Waals surface area (Å²) in [5.41, 5.74) is 1.42. The molecule has 0 aliphatic heterocycles. The number of amides is 1. The van der Waals surface area contributed by atoms with Gasteiger partial charge in [0.2, 0.25) is 0 Å². The van der Waals surface area contributed by atoms with E-state index in [1.807, 2.05) is 42.5 Å². The topological polar surface area (TPSA) is 62.2 Å². The van der Waals surface area contributed by atoms with E-state index in [-0.39, 0.29) is 11.7 Å². The van der Waals surface area contributed by atoms with Crippen LogP contribution in [0.25, 0.3) is 21.5 Å². The molecule has 0 bridgehead atoms. The third kappa shape index (κ3) is 2.90. The van der Waals surface area contributed by atoms with Crippen LogP contribution in [-0.4, -0.2) is 16.0 Å². The van der Waals surface area contributed by atoms with Gasteiger partial charge < -0.3 is 10.4 Å². The lowest BCUT2D eigenvalue weighted by atomic mass is 10.0. The van der Waals surface area contributed by atoms with E-state index in [2.05, 4.69) is 10.3 Å². The third-order valence-corrected chi connectivity index (χ3v) is 4.28. The van der Waals surface area contributed by atoms with Crippen molar-refractivity contribution in [2.75, 3.05) is 0 Å². The molecule has 0 aliphatic carbocycles. The molecule has 0 saturated heterocycles. The Labute approximate surface area is 144 Å². The van der Waals surface area contributed by atoms with Crippen molar-refractivity contribution in [2.24, 2.45) is 0 Å². The maximum absolute atomic E-state index is 12.7. The Kier molecular flexibility index (Phi) is 3.78. The molecule has 1 aromatic heterocycles. The number of aromatic hydroxyl groups is 1. The third-order valence-electron chi connectivity index (χ3n) is 4.28. The number of carbonyl (C=O) groups is 1. The second-order valence-corrected chi connectivity index (χ2v) is 5.87. The van der Waals surface area contributed by atoms with Crippen LogP contribution in [0.3, 0.4) is 0 Å². The Morgan fingerprint density at radius 1 is 0.920 bits per heavy atom. The molecule has 4 aromatic rings. The Morgan fingerprint density at radius 2 is 1.76 bits per heavy atom. The molecule has 1 heterocycles. The minimum absolute atomic E-state index is 0.161. The summed E-state index contributed by atoms with van der Waals surface area (Å²) in [5, 5.41) is 16.3. The number of benzene rings is 3. The highest BCUT2D eigenvalue weighted by Crippen LogP contribution is 2.23. The molecule has 3 aromatic carbocycles. The van der Waals surface area contributed by atoms with Crippen LogP contribution in [0.5, 0.6) is 5.75 Å². The van der Waals surface area contributed by atoms with Crippen LogP contribution in [0.15, 0.2) is 72.9 Å². The number of hydrogen-bond acceptors (Lipinski definition) is 3. The first-order valence-corrected chi connectivity index (χ1v) is 8.05. The molecule has 1 amide bonds.